The summed E-state index contributed by atoms with van der Waals surface area (Å²) in [6, 6.07) is 4.82. The van der Waals surface area contributed by atoms with Gasteiger partial charge >= 0.3 is 5.97 Å². The number of carboxylic acid groups (broad SMARTS) is 1. The highest BCUT2D eigenvalue weighted by molar-refractivity contribution is 5.85. The normalized spacial score (nSPS) is 10.0. The molecule has 0 aliphatic heterocycles. The molecule has 2 rings (SSSR count). The lowest BCUT2D eigenvalue weighted by Crippen LogP contribution is -2.02. The minimum atomic E-state index is -1.04. The SMILES string of the molecule is O=C(O)c1ccc(NCc2ccno2)cn1. The third kappa shape index (κ3) is 2.35. The van der Waals surface area contributed by atoms with E-state index in [1.807, 2.05) is 0 Å². The lowest BCUT2D eigenvalue weighted by molar-refractivity contribution is 0.0690. The highest BCUT2D eigenvalue weighted by Crippen LogP contribution is 2.08. The molecule has 0 aliphatic carbocycles. The van der Waals surface area contributed by atoms with E-state index >= 15 is 0 Å². The van der Waals surface area contributed by atoms with Crippen LogP contribution < -0.4 is 5.32 Å². The molecular weight excluding hydrogens is 210 g/mol. The van der Waals surface area contributed by atoms with Gasteiger partial charge in [-0.05, 0) is 12.1 Å². The Kier molecular flexibility index (Phi) is 2.81. The van der Waals surface area contributed by atoms with Gasteiger partial charge in [-0.1, -0.05) is 5.16 Å². The van der Waals surface area contributed by atoms with E-state index in [1.54, 1.807) is 18.3 Å². The molecule has 0 amide bonds. The number of anilines is 1. The van der Waals surface area contributed by atoms with E-state index in [-0.39, 0.29) is 5.69 Å². The van der Waals surface area contributed by atoms with Crippen molar-refractivity contribution in [3.8, 4) is 0 Å². The molecule has 0 unspecified atom stereocenters. The summed E-state index contributed by atoms with van der Waals surface area (Å²) in [4.78, 5) is 14.3. The van der Waals surface area contributed by atoms with E-state index in [4.69, 9.17) is 9.63 Å². The molecule has 6 nitrogen and oxygen atoms in total. The van der Waals surface area contributed by atoms with Gasteiger partial charge in [-0.25, -0.2) is 9.78 Å². The maximum Gasteiger partial charge on any atom is 0.354 e. The Bertz CT molecular complexity index is 465. The highest BCUT2D eigenvalue weighted by Gasteiger charge is 2.03. The maximum absolute atomic E-state index is 10.6. The number of pyridine rings is 1. The summed E-state index contributed by atoms with van der Waals surface area (Å²) >= 11 is 0. The molecule has 16 heavy (non-hydrogen) atoms. The van der Waals surface area contributed by atoms with Crippen LogP contribution in [0, 0.1) is 0 Å². The molecular formula is C10H9N3O3. The zero-order valence-corrected chi connectivity index (χ0v) is 8.25. The number of aromatic carboxylic acids is 1. The first kappa shape index (κ1) is 10.2. The van der Waals surface area contributed by atoms with E-state index in [0.29, 0.717) is 12.3 Å². The van der Waals surface area contributed by atoms with Crippen LogP contribution in [0.4, 0.5) is 5.69 Å². The van der Waals surface area contributed by atoms with Crippen molar-refractivity contribution in [2.45, 2.75) is 6.54 Å². The van der Waals surface area contributed by atoms with Crippen LogP contribution in [-0.2, 0) is 6.54 Å². The zero-order valence-electron chi connectivity index (χ0n) is 8.25. The quantitative estimate of drug-likeness (QED) is 0.807. The molecule has 82 valence electrons. The molecule has 0 spiro atoms. The van der Waals surface area contributed by atoms with Crippen LogP contribution in [-0.4, -0.2) is 21.2 Å². The van der Waals surface area contributed by atoms with Crippen molar-refractivity contribution < 1.29 is 14.4 Å². The largest absolute Gasteiger partial charge is 0.477 e. The Hall–Kier alpha value is -2.37. The van der Waals surface area contributed by atoms with Crippen molar-refractivity contribution in [2.24, 2.45) is 0 Å². The third-order valence-electron chi connectivity index (χ3n) is 1.94. The van der Waals surface area contributed by atoms with Crippen LogP contribution in [0.3, 0.4) is 0 Å². The predicted molar refractivity (Wildman–Crippen MR) is 55.0 cm³/mol. The number of rotatable bonds is 4. The molecule has 0 saturated heterocycles. The standard InChI is InChI=1S/C10H9N3O3/c14-10(15)9-2-1-7(5-12-9)11-6-8-3-4-13-16-8/h1-5,11H,6H2,(H,14,15). The summed E-state index contributed by atoms with van der Waals surface area (Å²) in [6.45, 7) is 0.480. The second-order valence-corrected chi connectivity index (χ2v) is 3.07. The maximum atomic E-state index is 10.6. The minimum Gasteiger partial charge on any atom is -0.477 e. The van der Waals surface area contributed by atoms with Gasteiger partial charge in [0.1, 0.15) is 5.69 Å². The average molecular weight is 219 g/mol. The summed E-state index contributed by atoms with van der Waals surface area (Å²) in [5, 5.41) is 15.2. The van der Waals surface area contributed by atoms with Crippen LogP contribution in [0.5, 0.6) is 0 Å². The van der Waals surface area contributed by atoms with Gasteiger partial charge in [0.15, 0.2) is 5.76 Å². The predicted octanol–water partition coefficient (Wildman–Crippen LogP) is 1.38. The first-order valence-corrected chi connectivity index (χ1v) is 4.58. The lowest BCUT2D eigenvalue weighted by atomic mass is 10.3. The van der Waals surface area contributed by atoms with E-state index in [1.165, 1.54) is 12.3 Å². The molecule has 0 saturated carbocycles. The van der Waals surface area contributed by atoms with Crippen LogP contribution in [0.25, 0.3) is 0 Å². The highest BCUT2D eigenvalue weighted by atomic mass is 16.5. The molecule has 0 aromatic carbocycles. The Morgan fingerprint density at radius 3 is 2.88 bits per heavy atom. The average Bonchev–Trinajstić information content (AvgIpc) is 2.80. The van der Waals surface area contributed by atoms with Crippen LogP contribution in [0.1, 0.15) is 16.2 Å². The number of nitrogens with one attached hydrogen (secondary N) is 1. The van der Waals surface area contributed by atoms with Crippen molar-refractivity contribution in [3.05, 3.63) is 42.0 Å². The van der Waals surface area contributed by atoms with Crippen molar-refractivity contribution in [2.75, 3.05) is 5.32 Å². The summed E-state index contributed by atoms with van der Waals surface area (Å²) in [7, 11) is 0. The number of hydrogen-bond acceptors (Lipinski definition) is 5. The first-order chi connectivity index (χ1) is 7.75. The van der Waals surface area contributed by atoms with Gasteiger partial charge < -0.3 is 14.9 Å². The molecule has 0 fully saturated rings. The number of nitrogens with zero attached hydrogens (tertiary/aromatic N) is 2. The Morgan fingerprint density at radius 1 is 1.44 bits per heavy atom. The van der Waals surface area contributed by atoms with E-state index in [2.05, 4.69) is 15.5 Å². The zero-order chi connectivity index (χ0) is 11.4. The molecule has 0 atom stereocenters. The molecule has 2 aromatic heterocycles. The Morgan fingerprint density at radius 2 is 2.31 bits per heavy atom. The number of carboxylic acids is 1. The number of aromatic nitrogens is 2. The van der Waals surface area contributed by atoms with E-state index in [0.717, 1.165) is 5.69 Å². The van der Waals surface area contributed by atoms with E-state index in [9.17, 15) is 4.79 Å². The topological polar surface area (TPSA) is 88.2 Å². The Labute approximate surface area is 90.9 Å². The fraction of sp³-hybridized carbons (Fsp3) is 0.100. The molecule has 2 N–H and O–H groups in total. The van der Waals surface area contributed by atoms with Crippen molar-refractivity contribution >= 4 is 11.7 Å². The van der Waals surface area contributed by atoms with E-state index < -0.39 is 5.97 Å². The van der Waals surface area contributed by atoms with Crippen LogP contribution in [0.2, 0.25) is 0 Å². The summed E-state index contributed by atoms with van der Waals surface area (Å²) < 4.78 is 4.89. The summed E-state index contributed by atoms with van der Waals surface area (Å²) in [5.41, 5.74) is 0.742. The fourth-order valence-corrected chi connectivity index (χ4v) is 1.15. The monoisotopic (exact) mass is 219 g/mol. The first-order valence-electron chi connectivity index (χ1n) is 4.58. The second kappa shape index (κ2) is 4.43. The van der Waals surface area contributed by atoms with Gasteiger partial charge in [-0.2, -0.15) is 0 Å². The molecule has 0 aliphatic rings. The lowest BCUT2D eigenvalue weighted by Gasteiger charge is -2.02. The molecule has 2 aromatic rings. The molecule has 0 bridgehead atoms. The van der Waals surface area contributed by atoms with Gasteiger partial charge in [0.2, 0.25) is 0 Å². The Balaban J connectivity index is 1.98. The fourth-order valence-electron chi connectivity index (χ4n) is 1.15. The molecule has 6 heteroatoms. The van der Waals surface area contributed by atoms with Gasteiger partial charge in [-0.15, -0.1) is 0 Å². The smallest absolute Gasteiger partial charge is 0.354 e. The number of hydrogen-bond donors (Lipinski definition) is 2. The minimum absolute atomic E-state index is 0.0187. The molecule has 0 radical (unpaired) electrons. The van der Waals surface area contributed by atoms with Gasteiger partial charge in [0.05, 0.1) is 24.6 Å². The molecule has 2 heterocycles. The van der Waals surface area contributed by atoms with Gasteiger partial charge in [0, 0.05) is 6.07 Å². The van der Waals surface area contributed by atoms with Gasteiger partial charge in [-0.3, -0.25) is 0 Å². The summed E-state index contributed by atoms with van der Waals surface area (Å²) in [5.74, 6) is -0.343. The van der Waals surface area contributed by atoms with Gasteiger partial charge in [0.25, 0.3) is 0 Å². The van der Waals surface area contributed by atoms with Crippen LogP contribution in [0.15, 0.2) is 35.1 Å². The number of carbonyl (C=O) groups is 1. The van der Waals surface area contributed by atoms with Crippen molar-refractivity contribution in [3.63, 3.8) is 0 Å². The summed E-state index contributed by atoms with van der Waals surface area (Å²) in [6.07, 6.45) is 3.02. The van der Waals surface area contributed by atoms with Crippen molar-refractivity contribution in [1.29, 1.82) is 0 Å². The second-order valence-electron chi connectivity index (χ2n) is 3.07. The van der Waals surface area contributed by atoms with Crippen molar-refractivity contribution in [1.82, 2.24) is 10.1 Å². The third-order valence-corrected chi connectivity index (χ3v) is 1.94. The van der Waals surface area contributed by atoms with Crippen LogP contribution >= 0.6 is 0 Å².